The quantitative estimate of drug-likeness (QED) is 0.310. The molecule has 12 heteroatoms. The number of ether oxygens (including phenoxy) is 3. The summed E-state index contributed by atoms with van der Waals surface area (Å²) < 4.78 is 20.5. The van der Waals surface area contributed by atoms with Crippen LogP contribution in [0.2, 0.25) is 0 Å². The average Bonchev–Trinajstić information content (AvgIpc) is 3.31. The molecule has 3 aromatic rings. The molecule has 31 heavy (non-hydrogen) atoms. The highest BCUT2D eigenvalue weighted by Crippen LogP contribution is 2.25. The number of anilines is 1. The number of rotatable bonds is 8. The zero-order valence-electron chi connectivity index (χ0n) is 17.2. The molecule has 3 rings (SSSR count). The maximum Gasteiger partial charge on any atom is 0.343 e. The van der Waals surface area contributed by atoms with Crippen LogP contribution in [0.25, 0.3) is 11.6 Å². The number of amides is 1. The summed E-state index contributed by atoms with van der Waals surface area (Å²) in [5.41, 5.74) is 0.576. The van der Waals surface area contributed by atoms with Crippen LogP contribution in [-0.2, 0) is 9.53 Å². The van der Waals surface area contributed by atoms with E-state index in [9.17, 15) is 9.59 Å². The number of hydrogen-bond acceptors (Lipinski definition) is 11. The third-order valence-corrected chi connectivity index (χ3v) is 4.56. The minimum Gasteiger partial charge on any atom is -0.481 e. The molecule has 3 aromatic heterocycles. The first-order valence-corrected chi connectivity index (χ1v) is 10.1. The largest absolute Gasteiger partial charge is 0.481 e. The lowest BCUT2D eigenvalue weighted by Gasteiger charge is -2.11. The second-order valence-electron chi connectivity index (χ2n) is 5.89. The van der Waals surface area contributed by atoms with Crippen molar-refractivity contribution in [1.82, 2.24) is 19.9 Å². The Morgan fingerprint density at radius 3 is 2.42 bits per heavy atom. The van der Waals surface area contributed by atoms with Crippen LogP contribution in [0.15, 0.2) is 33.9 Å². The van der Waals surface area contributed by atoms with E-state index < -0.39 is 18.5 Å². The Bertz CT molecular complexity index is 1070. The van der Waals surface area contributed by atoms with E-state index in [1.807, 2.05) is 0 Å². The lowest BCUT2D eigenvalue weighted by Crippen LogP contribution is -2.23. The summed E-state index contributed by atoms with van der Waals surface area (Å²) in [5.74, 6) is -0.185. The second-order valence-corrected chi connectivity index (χ2v) is 6.69. The fourth-order valence-electron chi connectivity index (χ4n) is 2.48. The van der Waals surface area contributed by atoms with Gasteiger partial charge in [0.25, 0.3) is 5.91 Å². The Balaban J connectivity index is 1.70. The zero-order chi connectivity index (χ0) is 22.4. The number of carbonyl (C=O) groups is 2. The van der Waals surface area contributed by atoms with E-state index in [-0.39, 0.29) is 23.3 Å². The molecule has 0 aliphatic heterocycles. The van der Waals surface area contributed by atoms with Gasteiger partial charge in [-0.15, -0.1) is 11.8 Å². The first-order valence-electron chi connectivity index (χ1n) is 8.85. The van der Waals surface area contributed by atoms with Gasteiger partial charge >= 0.3 is 5.97 Å². The predicted molar refractivity (Wildman–Crippen MR) is 110 cm³/mol. The van der Waals surface area contributed by atoms with Gasteiger partial charge in [0.15, 0.2) is 18.2 Å². The molecule has 162 valence electrons. The van der Waals surface area contributed by atoms with Crippen molar-refractivity contribution in [2.75, 3.05) is 32.4 Å². The van der Waals surface area contributed by atoms with Gasteiger partial charge in [-0.1, -0.05) is 0 Å². The van der Waals surface area contributed by atoms with Crippen LogP contribution in [0.3, 0.4) is 0 Å². The van der Waals surface area contributed by atoms with Crippen molar-refractivity contribution in [2.24, 2.45) is 0 Å². The maximum absolute atomic E-state index is 12.6. The number of hydrogen-bond donors (Lipinski definition) is 1. The normalized spacial score (nSPS) is 10.5. The number of nitrogens with one attached hydrogen (secondary N) is 1. The number of aromatic nitrogens is 4. The second kappa shape index (κ2) is 9.89. The maximum atomic E-state index is 12.6. The molecule has 0 saturated heterocycles. The number of nitrogens with zero attached hydrogens (tertiary/aromatic N) is 4. The molecule has 1 N–H and O–H groups in total. The fraction of sp³-hybridized carbons (Fsp3) is 0.263. The highest BCUT2D eigenvalue weighted by atomic mass is 32.2. The molecule has 11 nitrogen and oxygen atoms in total. The predicted octanol–water partition coefficient (Wildman–Crippen LogP) is 2.37. The number of esters is 1. The number of thioether (sulfide) groups is 1. The van der Waals surface area contributed by atoms with Crippen LogP contribution in [-0.4, -0.2) is 58.9 Å². The van der Waals surface area contributed by atoms with Crippen LogP contribution in [0.5, 0.6) is 11.8 Å². The third-order valence-electron chi connectivity index (χ3n) is 3.88. The first-order chi connectivity index (χ1) is 14.9. The highest BCUT2D eigenvalue weighted by molar-refractivity contribution is 7.98. The van der Waals surface area contributed by atoms with Gasteiger partial charge in [-0.05, 0) is 25.3 Å². The standard InChI is InChI=1S/C19H19N5O6S/c1-10-15(17(31-4)24-16(20-10)11-6-5-7-29-11)18(26)30-9-12(25)21-19-22-13(27-2)8-14(23-19)28-3/h5-8H,9H2,1-4H3,(H,21,22,23,25). The van der Waals surface area contributed by atoms with E-state index in [1.165, 1.54) is 38.3 Å². The zero-order valence-corrected chi connectivity index (χ0v) is 18.0. The average molecular weight is 445 g/mol. The molecule has 0 radical (unpaired) electrons. The van der Waals surface area contributed by atoms with Gasteiger partial charge in [0.1, 0.15) is 10.6 Å². The van der Waals surface area contributed by atoms with Gasteiger partial charge in [0, 0.05) is 0 Å². The Labute approximate surface area is 181 Å². The lowest BCUT2D eigenvalue weighted by atomic mass is 10.2. The van der Waals surface area contributed by atoms with Crippen molar-refractivity contribution >= 4 is 29.6 Å². The molecule has 1 amide bonds. The molecule has 0 fully saturated rings. The summed E-state index contributed by atoms with van der Waals surface area (Å²) in [4.78, 5) is 41.4. The number of carbonyl (C=O) groups excluding carboxylic acids is 2. The van der Waals surface area contributed by atoms with E-state index >= 15 is 0 Å². The number of aryl methyl sites for hydroxylation is 1. The molecule has 0 aliphatic rings. The number of furan rings is 1. The summed E-state index contributed by atoms with van der Waals surface area (Å²) in [6, 6.07) is 4.89. The van der Waals surface area contributed by atoms with Crippen LogP contribution < -0.4 is 14.8 Å². The molecule has 0 aromatic carbocycles. The molecule has 3 heterocycles. The summed E-state index contributed by atoms with van der Waals surface area (Å²) in [5, 5.41) is 2.83. The van der Waals surface area contributed by atoms with Crippen LogP contribution >= 0.6 is 11.8 Å². The van der Waals surface area contributed by atoms with E-state index in [4.69, 9.17) is 18.6 Å². The first kappa shape index (κ1) is 22.0. The molecule has 0 aliphatic carbocycles. The van der Waals surface area contributed by atoms with Crippen molar-refractivity contribution < 1.29 is 28.2 Å². The van der Waals surface area contributed by atoms with Gasteiger partial charge in [-0.2, -0.15) is 9.97 Å². The Hall–Kier alpha value is -3.67. The SMILES string of the molecule is COc1cc(OC)nc(NC(=O)COC(=O)c2c(C)nc(-c3ccco3)nc2SC)n1. The van der Waals surface area contributed by atoms with Gasteiger partial charge in [0.2, 0.25) is 17.7 Å². The fourth-order valence-corrected chi connectivity index (χ4v) is 3.09. The van der Waals surface area contributed by atoms with E-state index in [2.05, 4.69) is 25.3 Å². The topological polar surface area (TPSA) is 139 Å². The van der Waals surface area contributed by atoms with E-state index in [0.29, 0.717) is 22.3 Å². The van der Waals surface area contributed by atoms with Crippen LogP contribution in [0.4, 0.5) is 5.95 Å². The minimum absolute atomic E-state index is 0.0515. The Morgan fingerprint density at radius 1 is 1.13 bits per heavy atom. The Kier molecular flexibility index (Phi) is 7.03. The summed E-state index contributed by atoms with van der Waals surface area (Å²) in [6.45, 7) is 1.09. The van der Waals surface area contributed by atoms with Gasteiger partial charge in [-0.3, -0.25) is 10.1 Å². The van der Waals surface area contributed by atoms with Gasteiger partial charge in [0.05, 0.1) is 32.2 Å². The van der Waals surface area contributed by atoms with Crippen molar-refractivity contribution in [1.29, 1.82) is 0 Å². The lowest BCUT2D eigenvalue weighted by molar-refractivity contribution is -0.119. The van der Waals surface area contributed by atoms with Crippen molar-refractivity contribution in [2.45, 2.75) is 11.9 Å². The van der Waals surface area contributed by atoms with E-state index in [0.717, 1.165) is 0 Å². The minimum atomic E-state index is -0.730. The molecule has 0 unspecified atom stereocenters. The van der Waals surface area contributed by atoms with Gasteiger partial charge in [-0.25, -0.2) is 14.8 Å². The Morgan fingerprint density at radius 2 is 1.84 bits per heavy atom. The van der Waals surface area contributed by atoms with Crippen molar-refractivity contribution in [3.63, 3.8) is 0 Å². The van der Waals surface area contributed by atoms with Gasteiger partial charge < -0.3 is 18.6 Å². The summed E-state index contributed by atoms with van der Waals surface area (Å²) in [7, 11) is 2.83. The smallest absolute Gasteiger partial charge is 0.343 e. The molecule has 0 bridgehead atoms. The molecule has 0 spiro atoms. The highest BCUT2D eigenvalue weighted by Gasteiger charge is 2.22. The van der Waals surface area contributed by atoms with Crippen LogP contribution in [0, 0.1) is 6.92 Å². The van der Waals surface area contributed by atoms with Crippen molar-refractivity contribution in [3.8, 4) is 23.3 Å². The summed E-state index contributed by atoms with van der Waals surface area (Å²) >= 11 is 1.25. The van der Waals surface area contributed by atoms with Crippen LogP contribution in [0.1, 0.15) is 16.1 Å². The van der Waals surface area contributed by atoms with E-state index in [1.54, 1.807) is 25.3 Å². The monoisotopic (exact) mass is 445 g/mol. The molecule has 0 saturated carbocycles. The molecular weight excluding hydrogens is 426 g/mol. The van der Waals surface area contributed by atoms with Crippen molar-refractivity contribution in [3.05, 3.63) is 35.7 Å². The molecule has 0 atom stereocenters. The molecular formula is C19H19N5O6S. The number of methoxy groups -OCH3 is 2. The summed E-state index contributed by atoms with van der Waals surface area (Å²) in [6.07, 6.45) is 3.28. The third kappa shape index (κ3) is 5.28.